The van der Waals surface area contributed by atoms with Gasteiger partial charge >= 0.3 is 6.01 Å². The molecule has 0 saturated heterocycles. The molecule has 0 fully saturated rings. The van der Waals surface area contributed by atoms with Crippen molar-refractivity contribution in [3.05, 3.63) is 65.2 Å². The van der Waals surface area contributed by atoms with Gasteiger partial charge in [-0.1, -0.05) is 29.4 Å². The van der Waals surface area contributed by atoms with Crippen LogP contribution < -0.4 is 14.8 Å². The maximum atomic E-state index is 9.45. The number of rotatable bonds is 9. The zero-order valence-electron chi connectivity index (χ0n) is 16.9. The fourth-order valence-corrected chi connectivity index (χ4v) is 2.96. The molecule has 0 aliphatic rings. The molecule has 0 saturated carbocycles. The van der Waals surface area contributed by atoms with Crippen molar-refractivity contribution < 1.29 is 19.8 Å². The molecule has 0 aliphatic heterocycles. The Hall–Kier alpha value is -3.65. The molecule has 0 spiro atoms. The first-order valence-electron chi connectivity index (χ1n) is 9.38. The molecule has 0 unspecified atom stereocenters. The van der Waals surface area contributed by atoms with Gasteiger partial charge < -0.3 is 25.1 Å². The monoisotopic (exact) mass is 408 g/mol. The molecule has 1 aromatic heterocycles. The Labute approximate surface area is 174 Å². The lowest BCUT2D eigenvalue weighted by molar-refractivity contribution is 0.281. The summed E-state index contributed by atoms with van der Waals surface area (Å²) in [6, 6.07) is 15.4. The van der Waals surface area contributed by atoms with E-state index in [-0.39, 0.29) is 12.6 Å². The van der Waals surface area contributed by atoms with Crippen molar-refractivity contribution >= 4 is 12.0 Å². The van der Waals surface area contributed by atoms with E-state index >= 15 is 0 Å². The first-order valence-corrected chi connectivity index (χ1v) is 9.38. The number of benzene rings is 2. The van der Waals surface area contributed by atoms with Crippen molar-refractivity contribution in [1.82, 2.24) is 9.97 Å². The molecule has 3 rings (SSSR count). The molecule has 0 aliphatic carbocycles. The smallest absolute Gasteiger partial charge is 0.318 e. The van der Waals surface area contributed by atoms with E-state index < -0.39 is 0 Å². The second kappa shape index (κ2) is 10.2. The van der Waals surface area contributed by atoms with E-state index in [0.29, 0.717) is 29.2 Å². The summed E-state index contributed by atoms with van der Waals surface area (Å²) in [5.74, 6) is 1.46. The number of nitrogens with one attached hydrogen (secondary N) is 1. The predicted molar refractivity (Wildman–Crippen MR) is 115 cm³/mol. The van der Waals surface area contributed by atoms with Crippen LogP contribution >= 0.6 is 0 Å². The zero-order valence-corrected chi connectivity index (χ0v) is 16.9. The molecule has 156 valence electrons. The van der Waals surface area contributed by atoms with Crippen LogP contribution in [0, 0.1) is 0 Å². The summed E-state index contributed by atoms with van der Waals surface area (Å²) >= 11 is 0. The Balaban J connectivity index is 1.78. The van der Waals surface area contributed by atoms with Crippen LogP contribution in [0.3, 0.4) is 0 Å². The number of aliphatic hydroxyl groups excluding tert-OH is 1. The van der Waals surface area contributed by atoms with Gasteiger partial charge in [-0.05, 0) is 35.7 Å². The van der Waals surface area contributed by atoms with Crippen LogP contribution in [0.25, 0.3) is 11.3 Å². The molecule has 3 N–H and O–H groups in total. The lowest BCUT2D eigenvalue weighted by atomic mass is 10.0. The molecule has 1 heterocycles. The summed E-state index contributed by atoms with van der Waals surface area (Å²) in [7, 11) is 3.16. The molecule has 0 atom stereocenters. The minimum Gasteiger partial charge on any atom is -0.497 e. The van der Waals surface area contributed by atoms with Crippen LogP contribution in [0.4, 0.5) is 5.82 Å². The summed E-state index contributed by atoms with van der Waals surface area (Å²) in [5.41, 5.74) is 3.85. The normalized spacial score (nSPS) is 10.9. The molecule has 0 bridgehead atoms. The highest BCUT2D eigenvalue weighted by molar-refractivity contribution is 5.84. The van der Waals surface area contributed by atoms with Gasteiger partial charge in [0.1, 0.15) is 11.6 Å². The summed E-state index contributed by atoms with van der Waals surface area (Å²) in [6.07, 6.45) is 2.09. The van der Waals surface area contributed by atoms with Crippen LogP contribution in [0.2, 0.25) is 0 Å². The van der Waals surface area contributed by atoms with Crippen molar-refractivity contribution in [1.29, 1.82) is 0 Å². The molecule has 2 aromatic carbocycles. The Morgan fingerprint density at radius 3 is 2.50 bits per heavy atom. The van der Waals surface area contributed by atoms with Gasteiger partial charge in [-0.25, -0.2) is 0 Å². The Bertz CT molecular complexity index is 1010. The lowest BCUT2D eigenvalue weighted by Crippen LogP contribution is -2.08. The third-order valence-electron chi connectivity index (χ3n) is 4.58. The van der Waals surface area contributed by atoms with E-state index in [1.54, 1.807) is 19.2 Å². The van der Waals surface area contributed by atoms with Crippen molar-refractivity contribution in [2.45, 2.75) is 13.0 Å². The highest BCUT2D eigenvalue weighted by Crippen LogP contribution is 2.24. The van der Waals surface area contributed by atoms with Gasteiger partial charge in [0.2, 0.25) is 0 Å². The Kier molecular flexibility index (Phi) is 7.18. The molecular weight excluding hydrogens is 384 g/mol. The number of nitrogens with zero attached hydrogens (tertiary/aromatic N) is 3. The van der Waals surface area contributed by atoms with Crippen molar-refractivity contribution in [2.24, 2.45) is 5.16 Å². The first-order chi connectivity index (χ1) is 14.7. The second-order valence-electron chi connectivity index (χ2n) is 6.47. The number of ether oxygens (including phenoxy) is 2. The lowest BCUT2D eigenvalue weighted by Gasteiger charge is -2.11. The van der Waals surface area contributed by atoms with E-state index in [9.17, 15) is 5.11 Å². The highest BCUT2D eigenvalue weighted by Gasteiger charge is 2.10. The number of aliphatic hydroxyl groups is 1. The fraction of sp³-hybridized carbons (Fsp3) is 0.227. The summed E-state index contributed by atoms with van der Waals surface area (Å²) in [6.45, 7) is 0.519. The van der Waals surface area contributed by atoms with Gasteiger partial charge in [-0.3, -0.25) is 0 Å². The number of anilines is 1. The van der Waals surface area contributed by atoms with Crippen molar-refractivity contribution in [3.63, 3.8) is 0 Å². The molecule has 0 radical (unpaired) electrons. The van der Waals surface area contributed by atoms with Gasteiger partial charge in [0, 0.05) is 23.7 Å². The maximum absolute atomic E-state index is 9.45. The quantitative estimate of drug-likeness (QED) is 0.283. The van der Waals surface area contributed by atoms with Crippen molar-refractivity contribution in [2.75, 3.05) is 26.1 Å². The largest absolute Gasteiger partial charge is 0.497 e. The number of methoxy groups -OCH3 is 2. The van der Waals surface area contributed by atoms with Gasteiger partial charge in [-0.2, -0.15) is 9.97 Å². The third kappa shape index (κ3) is 5.24. The van der Waals surface area contributed by atoms with E-state index in [1.807, 2.05) is 36.4 Å². The molecule has 8 nitrogen and oxygen atoms in total. The number of hydrogen-bond donors (Lipinski definition) is 3. The average molecular weight is 408 g/mol. The molecule has 30 heavy (non-hydrogen) atoms. The number of hydrogen-bond acceptors (Lipinski definition) is 8. The predicted octanol–water partition coefficient (Wildman–Crippen LogP) is 3.12. The van der Waals surface area contributed by atoms with Crippen LogP contribution in [-0.4, -0.2) is 47.3 Å². The summed E-state index contributed by atoms with van der Waals surface area (Å²) in [4.78, 5) is 8.77. The summed E-state index contributed by atoms with van der Waals surface area (Å²) < 4.78 is 10.4. The highest BCUT2D eigenvalue weighted by atomic mass is 16.5. The third-order valence-corrected chi connectivity index (χ3v) is 4.58. The molecule has 8 heteroatoms. The maximum Gasteiger partial charge on any atom is 0.318 e. The van der Waals surface area contributed by atoms with Crippen LogP contribution in [-0.2, 0) is 13.0 Å². The zero-order chi connectivity index (χ0) is 21.3. The number of aromatic nitrogens is 2. The SMILES string of the molecule is COc1ccc(CCNc2cc(-c3ccc(CO)c(/C=N/O)c3)nc(OC)n2)cc1. The second-order valence-corrected chi connectivity index (χ2v) is 6.47. The van der Waals surface area contributed by atoms with Crippen LogP contribution in [0.15, 0.2) is 53.7 Å². The average Bonchev–Trinajstić information content (AvgIpc) is 2.79. The minimum absolute atomic E-state index is 0.160. The summed E-state index contributed by atoms with van der Waals surface area (Å²) in [5, 5.41) is 24.7. The topological polar surface area (TPSA) is 109 Å². The van der Waals surface area contributed by atoms with Gasteiger partial charge in [0.05, 0.1) is 32.7 Å². The fourth-order valence-electron chi connectivity index (χ4n) is 2.96. The van der Waals surface area contributed by atoms with E-state index in [1.165, 1.54) is 18.9 Å². The van der Waals surface area contributed by atoms with Crippen molar-refractivity contribution in [3.8, 4) is 23.0 Å². The molecular formula is C22H24N4O4. The standard InChI is InChI=1S/C22H24N4O4/c1-29-19-7-3-15(4-8-19)9-10-23-21-12-20(25-22(26-21)30-2)16-5-6-17(14-27)18(11-16)13-24-28/h3-8,11-13,27-28H,9-10,14H2,1-2H3,(H,23,25,26)/b24-13+. The Morgan fingerprint density at radius 2 is 1.83 bits per heavy atom. The van der Waals surface area contributed by atoms with Gasteiger partial charge in [0.15, 0.2) is 0 Å². The molecule has 3 aromatic rings. The van der Waals surface area contributed by atoms with Crippen LogP contribution in [0.1, 0.15) is 16.7 Å². The van der Waals surface area contributed by atoms with E-state index in [4.69, 9.17) is 14.7 Å². The van der Waals surface area contributed by atoms with Crippen LogP contribution in [0.5, 0.6) is 11.8 Å². The van der Waals surface area contributed by atoms with Gasteiger partial charge in [-0.15, -0.1) is 0 Å². The van der Waals surface area contributed by atoms with E-state index in [2.05, 4.69) is 20.4 Å². The Morgan fingerprint density at radius 1 is 1.03 bits per heavy atom. The molecule has 0 amide bonds. The number of oxime groups is 1. The minimum atomic E-state index is -0.160. The van der Waals surface area contributed by atoms with Gasteiger partial charge in [0.25, 0.3) is 0 Å². The first kappa shape index (κ1) is 21.1. The van der Waals surface area contributed by atoms with E-state index in [0.717, 1.165) is 17.7 Å².